The van der Waals surface area contributed by atoms with Crippen LogP contribution in [0.25, 0.3) is 0 Å². The number of nitrogens with two attached hydrogens (primary N) is 1. The molecule has 5 heteroatoms. The second-order valence-corrected chi connectivity index (χ2v) is 5.62. The van der Waals surface area contributed by atoms with Crippen LogP contribution in [0.5, 0.6) is 0 Å². The normalized spacial score (nSPS) is 11.9. The van der Waals surface area contributed by atoms with Crippen molar-refractivity contribution in [3.05, 3.63) is 48.2 Å². The van der Waals surface area contributed by atoms with Gasteiger partial charge in [0, 0.05) is 29.7 Å². The molecule has 2 rings (SSSR count). The molecule has 20 heavy (non-hydrogen) atoms. The van der Waals surface area contributed by atoms with Crippen LogP contribution >= 0.6 is 11.8 Å². The molecule has 0 aliphatic rings. The first kappa shape index (κ1) is 14.6. The van der Waals surface area contributed by atoms with Gasteiger partial charge in [0.15, 0.2) is 0 Å². The van der Waals surface area contributed by atoms with Crippen LogP contribution in [0, 0.1) is 0 Å². The summed E-state index contributed by atoms with van der Waals surface area (Å²) in [6, 6.07) is 11.6. The highest BCUT2D eigenvalue weighted by Gasteiger charge is 2.04. The number of nitrogens with zero attached hydrogens (tertiary/aromatic N) is 1. The van der Waals surface area contributed by atoms with Gasteiger partial charge in [-0.1, -0.05) is 11.8 Å². The van der Waals surface area contributed by atoms with Crippen LogP contribution in [-0.4, -0.2) is 10.9 Å². The molecule has 1 aromatic heterocycles. The molecule has 0 aliphatic carbocycles. The summed E-state index contributed by atoms with van der Waals surface area (Å²) in [5, 5.41) is 3.65. The van der Waals surface area contributed by atoms with Gasteiger partial charge < -0.3 is 11.1 Å². The highest BCUT2D eigenvalue weighted by molar-refractivity contribution is 7.99. The van der Waals surface area contributed by atoms with Crippen LogP contribution in [0.15, 0.2) is 52.5 Å². The summed E-state index contributed by atoms with van der Waals surface area (Å²) in [5.74, 6) is -0.0725. The van der Waals surface area contributed by atoms with Crippen LogP contribution in [0.1, 0.15) is 25.5 Å². The molecule has 1 atom stereocenters. The molecular formula is C15H17N3OS. The molecule has 3 N–H and O–H groups in total. The summed E-state index contributed by atoms with van der Waals surface area (Å²) >= 11 is 1.57. The standard InChI is InChI=1S/C15H17N3OS/c1-10(16)12-7-8-17-15(9-12)20-14-5-3-13(4-6-14)18-11(2)19/h3-10H,16H2,1-2H3,(H,18,19)/t10-/m0/s1. The quantitative estimate of drug-likeness (QED) is 0.906. The van der Waals surface area contributed by atoms with Crippen LogP contribution in [-0.2, 0) is 4.79 Å². The van der Waals surface area contributed by atoms with Crippen molar-refractivity contribution in [1.29, 1.82) is 0 Å². The molecule has 0 aliphatic heterocycles. The molecule has 1 amide bonds. The number of hydrogen-bond acceptors (Lipinski definition) is 4. The molecule has 0 unspecified atom stereocenters. The number of hydrogen-bond donors (Lipinski definition) is 2. The minimum atomic E-state index is -0.0725. The minimum Gasteiger partial charge on any atom is -0.326 e. The first-order chi connectivity index (χ1) is 9.54. The third kappa shape index (κ3) is 4.08. The number of carbonyl (C=O) groups is 1. The zero-order valence-electron chi connectivity index (χ0n) is 11.5. The number of anilines is 1. The van der Waals surface area contributed by atoms with Gasteiger partial charge in [-0.2, -0.15) is 0 Å². The number of pyridine rings is 1. The number of nitrogens with one attached hydrogen (secondary N) is 1. The maximum atomic E-state index is 11.0. The van der Waals surface area contributed by atoms with Gasteiger partial charge in [-0.3, -0.25) is 4.79 Å². The van der Waals surface area contributed by atoms with Crippen molar-refractivity contribution < 1.29 is 4.79 Å². The van der Waals surface area contributed by atoms with Gasteiger partial charge in [0.05, 0.1) is 0 Å². The number of rotatable bonds is 4. The van der Waals surface area contributed by atoms with Gasteiger partial charge in [-0.15, -0.1) is 0 Å². The average Bonchev–Trinajstić information content (AvgIpc) is 2.41. The van der Waals surface area contributed by atoms with E-state index in [9.17, 15) is 4.79 Å². The molecule has 1 heterocycles. The van der Waals surface area contributed by atoms with E-state index in [0.29, 0.717) is 0 Å². The smallest absolute Gasteiger partial charge is 0.221 e. The van der Waals surface area contributed by atoms with Crippen molar-refractivity contribution in [1.82, 2.24) is 4.98 Å². The zero-order chi connectivity index (χ0) is 14.5. The minimum absolute atomic E-state index is 0.000470. The molecule has 1 aromatic carbocycles. The Kier molecular flexibility index (Phi) is 4.76. The van der Waals surface area contributed by atoms with E-state index < -0.39 is 0 Å². The van der Waals surface area contributed by atoms with Gasteiger partial charge >= 0.3 is 0 Å². The third-order valence-electron chi connectivity index (χ3n) is 2.68. The van der Waals surface area contributed by atoms with E-state index in [-0.39, 0.29) is 11.9 Å². The summed E-state index contributed by atoms with van der Waals surface area (Å²) in [4.78, 5) is 16.3. The Hall–Kier alpha value is -1.85. The van der Waals surface area contributed by atoms with Crippen LogP contribution < -0.4 is 11.1 Å². The van der Waals surface area contributed by atoms with Crippen molar-refractivity contribution in [2.45, 2.75) is 29.8 Å². The van der Waals surface area contributed by atoms with E-state index in [1.165, 1.54) is 6.92 Å². The molecule has 0 radical (unpaired) electrons. The molecule has 0 spiro atoms. The van der Waals surface area contributed by atoms with E-state index in [0.717, 1.165) is 21.2 Å². The fourth-order valence-corrected chi connectivity index (χ4v) is 2.52. The predicted molar refractivity (Wildman–Crippen MR) is 81.7 cm³/mol. The Morgan fingerprint density at radius 2 is 2.00 bits per heavy atom. The average molecular weight is 287 g/mol. The summed E-state index contributed by atoms with van der Waals surface area (Å²) in [7, 11) is 0. The Bertz CT molecular complexity index is 596. The Morgan fingerprint density at radius 3 is 2.60 bits per heavy atom. The molecule has 104 valence electrons. The molecule has 2 aromatic rings. The Morgan fingerprint density at radius 1 is 1.30 bits per heavy atom. The number of amides is 1. The van der Waals surface area contributed by atoms with Gasteiger partial charge in [0.1, 0.15) is 5.03 Å². The number of benzene rings is 1. The predicted octanol–water partition coefficient (Wildman–Crippen LogP) is 3.21. The lowest BCUT2D eigenvalue weighted by atomic mass is 10.1. The maximum Gasteiger partial charge on any atom is 0.221 e. The SMILES string of the molecule is CC(=O)Nc1ccc(Sc2cc([C@H](C)N)ccn2)cc1. The first-order valence-electron chi connectivity index (χ1n) is 6.31. The number of aromatic nitrogens is 1. The summed E-state index contributed by atoms with van der Waals surface area (Å²) < 4.78 is 0. The Labute approximate surface area is 122 Å². The van der Waals surface area contributed by atoms with Crippen molar-refractivity contribution in [3.8, 4) is 0 Å². The number of carbonyl (C=O) groups excluding carboxylic acids is 1. The van der Waals surface area contributed by atoms with E-state index in [2.05, 4.69) is 10.3 Å². The fourth-order valence-electron chi connectivity index (χ4n) is 1.69. The fraction of sp³-hybridized carbons (Fsp3) is 0.200. The molecule has 0 saturated heterocycles. The van der Waals surface area contributed by atoms with E-state index in [1.807, 2.05) is 43.3 Å². The van der Waals surface area contributed by atoms with Crippen LogP contribution in [0.3, 0.4) is 0 Å². The van der Waals surface area contributed by atoms with Crippen molar-refractivity contribution in [2.75, 3.05) is 5.32 Å². The van der Waals surface area contributed by atoms with Crippen molar-refractivity contribution >= 4 is 23.4 Å². The lowest BCUT2D eigenvalue weighted by Crippen LogP contribution is -2.05. The molecular weight excluding hydrogens is 270 g/mol. The van der Waals surface area contributed by atoms with Gasteiger partial charge in [-0.25, -0.2) is 4.98 Å². The van der Waals surface area contributed by atoms with Crippen molar-refractivity contribution in [3.63, 3.8) is 0 Å². The zero-order valence-corrected chi connectivity index (χ0v) is 12.3. The van der Waals surface area contributed by atoms with Gasteiger partial charge in [0.25, 0.3) is 0 Å². The molecule has 0 bridgehead atoms. The van der Waals surface area contributed by atoms with E-state index >= 15 is 0 Å². The van der Waals surface area contributed by atoms with Crippen LogP contribution in [0.4, 0.5) is 5.69 Å². The summed E-state index contributed by atoms with van der Waals surface area (Å²) in [6.45, 7) is 3.44. The summed E-state index contributed by atoms with van der Waals surface area (Å²) in [6.07, 6.45) is 1.77. The monoisotopic (exact) mass is 287 g/mol. The van der Waals surface area contributed by atoms with E-state index in [4.69, 9.17) is 5.73 Å². The van der Waals surface area contributed by atoms with Gasteiger partial charge in [0.2, 0.25) is 5.91 Å². The van der Waals surface area contributed by atoms with Gasteiger partial charge in [-0.05, 0) is 48.9 Å². The summed E-state index contributed by atoms with van der Waals surface area (Å²) in [5.41, 5.74) is 7.72. The van der Waals surface area contributed by atoms with Crippen LogP contribution in [0.2, 0.25) is 0 Å². The largest absolute Gasteiger partial charge is 0.326 e. The molecule has 0 saturated carbocycles. The third-order valence-corrected chi connectivity index (χ3v) is 3.62. The van der Waals surface area contributed by atoms with E-state index in [1.54, 1.807) is 18.0 Å². The topological polar surface area (TPSA) is 68.0 Å². The lowest BCUT2D eigenvalue weighted by molar-refractivity contribution is -0.114. The molecule has 0 fully saturated rings. The highest BCUT2D eigenvalue weighted by atomic mass is 32.2. The lowest BCUT2D eigenvalue weighted by Gasteiger charge is -2.08. The Balaban J connectivity index is 2.10. The first-order valence-corrected chi connectivity index (χ1v) is 7.13. The highest BCUT2D eigenvalue weighted by Crippen LogP contribution is 2.28. The van der Waals surface area contributed by atoms with Crippen molar-refractivity contribution in [2.24, 2.45) is 5.73 Å². The maximum absolute atomic E-state index is 11.0. The second-order valence-electron chi connectivity index (χ2n) is 4.52. The molecule has 4 nitrogen and oxygen atoms in total. The second kappa shape index (κ2) is 6.54.